The molecule has 4 N–H and O–H groups in total. The van der Waals surface area contributed by atoms with Gasteiger partial charge in [-0.2, -0.15) is 0 Å². The lowest BCUT2D eigenvalue weighted by Gasteiger charge is -2.26. The van der Waals surface area contributed by atoms with E-state index in [4.69, 9.17) is 5.73 Å². The lowest BCUT2D eigenvalue weighted by Crippen LogP contribution is -2.40. The van der Waals surface area contributed by atoms with E-state index < -0.39 is 0 Å². The Morgan fingerprint density at radius 1 is 0.955 bits per heavy atom. The standard InChI is InChI=1S/C17H23N3O2/c18-13-5-9-15(10-6-13)20-17(22)12-3-7-14(8-4-12)19-16(21)11-1-2-11/h3-4,7-8,11,13,15H,1-2,5-6,9-10,18H2,(H,19,21)(H,20,22). The Morgan fingerprint density at radius 2 is 1.59 bits per heavy atom. The van der Waals surface area contributed by atoms with E-state index in [-0.39, 0.29) is 29.8 Å². The Hall–Kier alpha value is -1.88. The zero-order valence-corrected chi connectivity index (χ0v) is 12.7. The summed E-state index contributed by atoms with van der Waals surface area (Å²) in [5.74, 6) is 0.205. The third-order valence-corrected chi connectivity index (χ3v) is 4.47. The molecule has 118 valence electrons. The van der Waals surface area contributed by atoms with Crippen LogP contribution in [0.4, 0.5) is 5.69 Å². The first-order valence-electron chi connectivity index (χ1n) is 8.09. The molecule has 2 fully saturated rings. The van der Waals surface area contributed by atoms with Gasteiger partial charge in [-0.05, 0) is 62.8 Å². The zero-order chi connectivity index (χ0) is 15.5. The lowest BCUT2D eigenvalue weighted by molar-refractivity contribution is -0.117. The molecule has 0 bridgehead atoms. The smallest absolute Gasteiger partial charge is 0.251 e. The normalized spacial score (nSPS) is 24.6. The number of nitrogens with one attached hydrogen (secondary N) is 2. The third-order valence-electron chi connectivity index (χ3n) is 4.47. The minimum Gasteiger partial charge on any atom is -0.349 e. The molecule has 0 aromatic heterocycles. The largest absolute Gasteiger partial charge is 0.349 e. The van der Waals surface area contributed by atoms with Crippen LogP contribution in [0.3, 0.4) is 0 Å². The van der Waals surface area contributed by atoms with Gasteiger partial charge in [0.15, 0.2) is 0 Å². The summed E-state index contributed by atoms with van der Waals surface area (Å²) in [7, 11) is 0. The highest BCUT2D eigenvalue weighted by Gasteiger charge is 2.29. The second-order valence-corrected chi connectivity index (χ2v) is 6.43. The second kappa shape index (κ2) is 6.48. The minimum atomic E-state index is -0.0551. The zero-order valence-electron chi connectivity index (χ0n) is 12.7. The van der Waals surface area contributed by atoms with Crippen LogP contribution in [0.5, 0.6) is 0 Å². The average Bonchev–Trinajstić information content (AvgIpc) is 3.35. The van der Waals surface area contributed by atoms with E-state index in [2.05, 4.69) is 10.6 Å². The van der Waals surface area contributed by atoms with Crippen LogP contribution in [0, 0.1) is 5.92 Å². The molecule has 2 aliphatic rings. The molecule has 1 aromatic carbocycles. The molecule has 5 heteroatoms. The van der Waals surface area contributed by atoms with Gasteiger partial charge in [0, 0.05) is 29.3 Å². The van der Waals surface area contributed by atoms with Crippen molar-refractivity contribution in [2.45, 2.75) is 50.6 Å². The first-order valence-corrected chi connectivity index (χ1v) is 8.09. The van der Waals surface area contributed by atoms with Gasteiger partial charge in [-0.15, -0.1) is 0 Å². The Kier molecular flexibility index (Phi) is 4.43. The van der Waals surface area contributed by atoms with Crippen LogP contribution in [-0.2, 0) is 4.79 Å². The van der Waals surface area contributed by atoms with Crippen molar-refractivity contribution in [1.82, 2.24) is 5.32 Å². The van der Waals surface area contributed by atoms with Crippen LogP contribution in [0.1, 0.15) is 48.9 Å². The summed E-state index contributed by atoms with van der Waals surface area (Å²) in [6, 6.07) is 7.58. The summed E-state index contributed by atoms with van der Waals surface area (Å²) in [6.45, 7) is 0. The second-order valence-electron chi connectivity index (χ2n) is 6.43. The van der Waals surface area contributed by atoms with Crippen molar-refractivity contribution in [3.63, 3.8) is 0 Å². The number of hydrogen-bond acceptors (Lipinski definition) is 3. The van der Waals surface area contributed by atoms with Crippen LogP contribution in [-0.4, -0.2) is 23.9 Å². The molecule has 2 saturated carbocycles. The number of nitrogens with two attached hydrogens (primary N) is 1. The van der Waals surface area contributed by atoms with Gasteiger partial charge in [-0.1, -0.05) is 0 Å². The molecular formula is C17H23N3O2. The maximum atomic E-state index is 12.2. The Balaban J connectivity index is 1.52. The Bertz CT molecular complexity index is 544. The van der Waals surface area contributed by atoms with Crippen LogP contribution < -0.4 is 16.4 Å². The van der Waals surface area contributed by atoms with E-state index in [0.717, 1.165) is 44.2 Å². The van der Waals surface area contributed by atoms with E-state index in [0.29, 0.717) is 5.56 Å². The first kappa shape index (κ1) is 15.0. The van der Waals surface area contributed by atoms with Gasteiger partial charge in [0.2, 0.25) is 5.91 Å². The van der Waals surface area contributed by atoms with Crippen molar-refractivity contribution in [2.75, 3.05) is 5.32 Å². The highest BCUT2D eigenvalue weighted by molar-refractivity contribution is 5.96. The summed E-state index contributed by atoms with van der Waals surface area (Å²) in [4.78, 5) is 23.9. The molecule has 3 rings (SSSR count). The number of amides is 2. The van der Waals surface area contributed by atoms with Crippen molar-refractivity contribution in [3.8, 4) is 0 Å². The highest BCUT2D eigenvalue weighted by Crippen LogP contribution is 2.30. The van der Waals surface area contributed by atoms with E-state index >= 15 is 0 Å². The van der Waals surface area contributed by atoms with Gasteiger partial charge in [0.1, 0.15) is 0 Å². The fourth-order valence-electron chi connectivity index (χ4n) is 2.83. The highest BCUT2D eigenvalue weighted by atomic mass is 16.2. The number of anilines is 1. The predicted molar refractivity (Wildman–Crippen MR) is 85.5 cm³/mol. The van der Waals surface area contributed by atoms with Gasteiger partial charge < -0.3 is 16.4 Å². The summed E-state index contributed by atoms with van der Waals surface area (Å²) in [5.41, 5.74) is 7.25. The lowest BCUT2D eigenvalue weighted by atomic mass is 9.91. The first-order chi connectivity index (χ1) is 10.6. The fraction of sp³-hybridized carbons (Fsp3) is 0.529. The van der Waals surface area contributed by atoms with Crippen molar-refractivity contribution in [3.05, 3.63) is 29.8 Å². The van der Waals surface area contributed by atoms with Crippen molar-refractivity contribution in [1.29, 1.82) is 0 Å². The molecule has 5 nitrogen and oxygen atoms in total. The van der Waals surface area contributed by atoms with Gasteiger partial charge >= 0.3 is 0 Å². The molecule has 0 unspecified atom stereocenters. The summed E-state index contributed by atoms with van der Waals surface area (Å²) in [6.07, 6.45) is 5.80. The van der Waals surface area contributed by atoms with E-state index in [1.165, 1.54) is 0 Å². The van der Waals surface area contributed by atoms with Gasteiger partial charge in [-0.3, -0.25) is 9.59 Å². The maximum Gasteiger partial charge on any atom is 0.251 e. The molecule has 0 spiro atoms. The molecule has 1 aromatic rings. The van der Waals surface area contributed by atoms with E-state index in [9.17, 15) is 9.59 Å². The van der Waals surface area contributed by atoms with Crippen molar-refractivity contribution in [2.24, 2.45) is 11.7 Å². The summed E-state index contributed by atoms with van der Waals surface area (Å²) in [5, 5.41) is 5.93. The third kappa shape index (κ3) is 3.85. The summed E-state index contributed by atoms with van der Waals surface area (Å²) >= 11 is 0. The van der Waals surface area contributed by atoms with E-state index in [1.807, 2.05) is 0 Å². The Morgan fingerprint density at radius 3 is 2.18 bits per heavy atom. The quantitative estimate of drug-likeness (QED) is 0.795. The molecule has 2 amide bonds. The molecule has 0 radical (unpaired) electrons. The monoisotopic (exact) mass is 301 g/mol. The summed E-state index contributed by atoms with van der Waals surface area (Å²) < 4.78 is 0. The van der Waals surface area contributed by atoms with Crippen LogP contribution >= 0.6 is 0 Å². The minimum absolute atomic E-state index is 0.0551. The number of hydrogen-bond donors (Lipinski definition) is 3. The molecule has 0 heterocycles. The van der Waals surface area contributed by atoms with Gasteiger partial charge in [0.05, 0.1) is 0 Å². The molecule has 22 heavy (non-hydrogen) atoms. The number of carbonyl (C=O) groups is 2. The fourth-order valence-corrected chi connectivity index (χ4v) is 2.83. The topological polar surface area (TPSA) is 84.2 Å². The van der Waals surface area contributed by atoms with Crippen LogP contribution in [0.25, 0.3) is 0 Å². The van der Waals surface area contributed by atoms with Gasteiger partial charge in [0.25, 0.3) is 5.91 Å². The van der Waals surface area contributed by atoms with Crippen molar-refractivity contribution >= 4 is 17.5 Å². The molecular weight excluding hydrogens is 278 g/mol. The SMILES string of the molecule is NC1CCC(NC(=O)c2ccc(NC(=O)C3CC3)cc2)CC1. The molecule has 0 aliphatic heterocycles. The Labute approximate surface area is 130 Å². The van der Waals surface area contributed by atoms with Gasteiger partial charge in [-0.25, -0.2) is 0 Å². The molecule has 2 aliphatic carbocycles. The van der Waals surface area contributed by atoms with Crippen LogP contribution in [0.2, 0.25) is 0 Å². The molecule has 0 saturated heterocycles. The number of rotatable bonds is 4. The maximum absolute atomic E-state index is 12.2. The number of carbonyl (C=O) groups excluding carboxylic acids is 2. The van der Waals surface area contributed by atoms with E-state index in [1.54, 1.807) is 24.3 Å². The molecule has 0 atom stereocenters. The number of benzene rings is 1. The predicted octanol–water partition coefficient (Wildman–Crippen LogP) is 2.03. The van der Waals surface area contributed by atoms with Crippen molar-refractivity contribution < 1.29 is 9.59 Å². The van der Waals surface area contributed by atoms with Crippen LogP contribution in [0.15, 0.2) is 24.3 Å². The average molecular weight is 301 g/mol.